The van der Waals surface area contributed by atoms with Crippen LogP contribution in [0.25, 0.3) is 0 Å². The van der Waals surface area contributed by atoms with Crippen molar-refractivity contribution in [2.75, 3.05) is 11.9 Å². The van der Waals surface area contributed by atoms with Crippen LogP contribution in [0.4, 0.5) is 5.69 Å². The van der Waals surface area contributed by atoms with Gasteiger partial charge in [0.15, 0.2) is 6.04 Å². The zero-order chi connectivity index (χ0) is 22.5. The number of carbonyl (C=O) groups is 1. The number of nitrogens with one attached hydrogen (secondary N) is 1. The van der Waals surface area contributed by atoms with Crippen molar-refractivity contribution in [3.05, 3.63) is 89.0 Å². The summed E-state index contributed by atoms with van der Waals surface area (Å²) in [7, 11) is 0. The van der Waals surface area contributed by atoms with Crippen molar-refractivity contribution in [2.24, 2.45) is 0 Å². The number of ether oxygens (including phenoxy) is 2. The molecule has 0 radical (unpaired) electrons. The molecular formula is C26H24N2O4. The molecule has 0 saturated carbocycles. The molecule has 0 heterocycles. The standard InChI is InChI=1S/C26H24N2O4/c1-2-31-22-13-20(25(26(29)30)28-21-9-7-17(16-27)8-10-21)14-24(15-22)32-23-11-18-5-3-4-6-19(18)12-23/h3-10,13-15,23,25,28H,2,11-12H2,1H3,(H,29,30)/t25-/m1/s1. The van der Waals surface area contributed by atoms with Crippen LogP contribution in [0.15, 0.2) is 66.7 Å². The first-order chi connectivity index (χ1) is 15.6. The third-order valence-electron chi connectivity index (χ3n) is 5.43. The van der Waals surface area contributed by atoms with E-state index >= 15 is 0 Å². The molecule has 6 nitrogen and oxygen atoms in total. The highest BCUT2D eigenvalue weighted by atomic mass is 16.5. The molecule has 162 valence electrons. The molecule has 32 heavy (non-hydrogen) atoms. The molecule has 3 aromatic rings. The Labute approximate surface area is 187 Å². The van der Waals surface area contributed by atoms with E-state index in [0.717, 1.165) is 12.8 Å². The van der Waals surface area contributed by atoms with E-state index in [-0.39, 0.29) is 6.10 Å². The Hall–Kier alpha value is -3.98. The molecule has 0 saturated heterocycles. The predicted octanol–water partition coefficient (Wildman–Crippen LogP) is 4.74. The molecule has 6 heteroatoms. The summed E-state index contributed by atoms with van der Waals surface area (Å²) in [5.74, 6) is 0.113. The third kappa shape index (κ3) is 4.84. The van der Waals surface area contributed by atoms with Crippen molar-refractivity contribution < 1.29 is 19.4 Å². The van der Waals surface area contributed by atoms with Crippen LogP contribution in [0.1, 0.15) is 35.2 Å². The van der Waals surface area contributed by atoms with Crippen LogP contribution in [0.5, 0.6) is 11.5 Å². The number of hydrogen-bond acceptors (Lipinski definition) is 5. The van der Waals surface area contributed by atoms with Crippen LogP contribution in [0.2, 0.25) is 0 Å². The summed E-state index contributed by atoms with van der Waals surface area (Å²) in [5.41, 5.74) is 4.20. The summed E-state index contributed by atoms with van der Waals surface area (Å²) in [6, 6.07) is 21.3. The minimum Gasteiger partial charge on any atom is -0.494 e. The lowest BCUT2D eigenvalue weighted by Crippen LogP contribution is -2.21. The second-order valence-corrected chi connectivity index (χ2v) is 7.69. The fourth-order valence-electron chi connectivity index (χ4n) is 3.97. The van der Waals surface area contributed by atoms with E-state index in [1.165, 1.54) is 11.1 Å². The molecule has 0 aromatic heterocycles. The third-order valence-corrected chi connectivity index (χ3v) is 5.43. The van der Waals surface area contributed by atoms with E-state index in [1.807, 2.05) is 19.1 Å². The summed E-state index contributed by atoms with van der Waals surface area (Å²) >= 11 is 0. The van der Waals surface area contributed by atoms with Crippen LogP contribution < -0.4 is 14.8 Å². The Morgan fingerprint density at radius 1 is 1.09 bits per heavy atom. The van der Waals surface area contributed by atoms with Crippen molar-refractivity contribution >= 4 is 11.7 Å². The summed E-state index contributed by atoms with van der Waals surface area (Å²) in [4.78, 5) is 12.1. The van der Waals surface area contributed by atoms with Crippen molar-refractivity contribution in [3.8, 4) is 17.6 Å². The largest absolute Gasteiger partial charge is 0.494 e. The second kappa shape index (κ2) is 9.44. The maximum Gasteiger partial charge on any atom is 0.330 e. The minimum absolute atomic E-state index is 0.00751. The van der Waals surface area contributed by atoms with Crippen molar-refractivity contribution in [3.63, 3.8) is 0 Å². The summed E-state index contributed by atoms with van der Waals surface area (Å²) in [6.45, 7) is 2.34. The van der Waals surface area contributed by atoms with Crippen LogP contribution in [0, 0.1) is 11.3 Å². The minimum atomic E-state index is -1.03. The molecule has 0 spiro atoms. The number of anilines is 1. The summed E-state index contributed by atoms with van der Waals surface area (Å²) in [6.07, 6.45) is 1.62. The van der Waals surface area contributed by atoms with E-state index < -0.39 is 12.0 Å². The maximum atomic E-state index is 12.1. The highest BCUT2D eigenvalue weighted by molar-refractivity contribution is 5.79. The van der Waals surface area contributed by atoms with Gasteiger partial charge in [-0.3, -0.25) is 0 Å². The highest BCUT2D eigenvalue weighted by Crippen LogP contribution is 2.32. The summed E-state index contributed by atoms with van der Waals surface area (Å²) in [5, 5.41) is 21.9. The number of carboxylic acids is 1. The summed E-state index contributed by atoms with van der Waals surface area (Å²) < 4.78 is 11.9. The van der Waals surface area contributed by atoms with Gasteiger partial charge in [0.1, 0.15) is 17.6 Å². The molecule has 0 unspecified atom stereocenters. The van der Waals surface area contributed by atoms with Gasteiger partial charge < -0.3 is 19.9 Å². The van der Waals surface area contributed by atoms with Crippen LogP contribution in [-0.2, 0) is 17.6 Å². The average molecular weight is 428 g/mol. The van der Waals surface area contributed by atoms with E-state index in [2.05, 4.69) is 23.5 Å². The second-order valence-electron chi connectivity index (χ2n) is 7.69. The Bertz CT molecular complexity index is 1130. The SMILES string of the molecule is CCOc1cc(OC2Cc3ccccc3C2)cc([C@@H](Nc2ccc(C#N)cc2)C(=O)O)c1. The van der Waals surface area contributed by atoms with Gasteiger partial charge in [0, 0.05) is 24.6 Å². The quantitative estimate of drug-likeness (QED) is 0.538. The lowest BCUT2D eigenvalue weighted by molar-refractivity contribution is -0.138. The fourth-order valence-corrected chi connectivity index (χ4v) is 3.97. The van der Waals surface area contributed by atoms with Gasteiger partial charge in [-0.05, 0) is 60.0 Å². The van der Waals surface area contributed by atoms with Crippen molar-refractivity contribution in [1.29, 1.82) is 5.26 Å². The highest BCUT2D eigenvalue weighted by Gasteiger charge is 2.25. The Morgan fingerprint density at radius 3 is 2.34 bits per heavy atom. The number of aliphatic carboxylic acids is 1. The first-order valence-corrected chi connectivity index (χ1v) is 10.6. The van der Waals surface area contributed by atoms with Gasteiger partial charge in [-0.1, -0.05) is 24.3 Å². The van der Waals surface area contributed by atoms with Gasteiger partial charge >= 0.3 is 5.97 Å². The van der Waals surface area contributed by atoms with Crippen LogP contribution in [0.3, 0.4) is 0 Å². The smallest absolute Gasteiger partial charge is 0.330 e. The number of hydrogen-bond donors (Lipinski definition) is 2. The molecule has 0 aliphatic heterocycles. The van der Waals surface area contributed by atoms with Crippen molar-refractivity contribution in [2.45, 2.75) is 31.9 Å². The first kappa shape index (κ1) is 21.3. The maximum absolute atomic E-state index is 12.1. The Balaban J connectivity index is 1.59. The zero-order valence-electron chi connectivity index (χ0n) is 17.7. The fraction of sp³-hybridized carbons (Fsp3) is 0.231. The molecule has 0 fully saturated rings. The predicted molar refractivity (Wildman–Crippen MR) is 121 cm³/mol. The number of carboxylic acid groups (broad SMARTS) is 1. The van der Waals surface area contributed by atoms with Crippen LogP contribution >= 0.6 is 0 Å². The van der Waals surface area contributed by atoms with Gasteiger partial charge in [-0.2, -0.15) is 5.26 Å². The van der Waals surface area contributed by atoms with E-state index in [0.29, 0.717) is 34.9 Å². The lowest BCUT2D eigenvalue weighted by atomic mass is 10.1. The van der Waals surface area contributed by atoms with E-state index in [1.54, 1.807) is 42.5 Å². The number of benzene rings is 3. The Morgan fingerprint density at radius 2 is 1.75 bits per heavy atom. The van der Waals surface area contributed by atoms with Crippen molar-refractivity contribution in [1.82, 2.24) is 0 Å². The average Bonchev–Trinajstić information content (AvgIpc) is 3.20. The molecule has 1 atom stereocenters. The first-order valence-electron chi connectivity index (χ1n) is 10.6. The Kier molecular flexibility index (Phi) is 6.27. The van der Waals surface area contributed by atoms with Gasteiger partial charge in [0.05, 0.1) is 18.2 Å². The number of nitrogens with zero attached hydrogens (tertiary/aromatic N) is 1. The molecule has 1 aliphatic carbocycles. The van der Waals surface area contributed by atoms with Crippen LogP contribution in [-0.4, -0.2) is 23.8 Å². The van der Waals surface area contributed by atoms with Gasteiger partial charge in [0.25, 0.3) is 0 Å². The molecule has 4 rings (SSSR count). The molecular weight excluding hydrogens is 404 g/mol. The molecule has 2 N–H and O–H groups in total. The molecule has 0 amide bonds. The number of rotatable bonds is 8. The normalized spacial score (nSPS) is 13.6. The van der Waals surface area contributed by atoms with E-state index in [4.69, 9.17) is 14.7 Å². The zero-order valence-corrected chi connectivity index (χ0v) is 17.7. The monoisotopic (exact) mass is 428 g/mol. The van der Waals surface area contributed by atoms with Gasteiger partial charge in [-0.25, -0.2) is 4.79 Å². The molecule has 0 bridgehead atoms. The lowest BCUT2D eigenvalue weighted by Gasteiger charge is -2.20. The number of nitriles is 1. The molecule has 3 aromatic carbocycles. The topological polar surface area (TPSA) is 91.6 Å². The molecule has 1 aliphatic rings. The van der Waals surface area contributed by atoms with Gasteiger partial charge in [-0.15, -0.1) is 0 Å². The number of fused-ring (bicyclic) bond motifs is 1. The van der Waals surface area contributed by atoms with Gasteiger partial charge in [0.2, 0.25) is 0 Å². The van der Waals surface area contributed by atoms with E-state index in [9.17, 15) is 9.90 Å².